The first-order valence-electron chi connectivity index (χ1n) is 17.5. The standard InChI is InChI=1S/C44H47N2OS2/c1-8-45-37-21-29(2)31(4)23-40(37)49-43(45)26-34-25-33(27-44(6,7)28-34)13-11-18-42-46(38-22-30(3)32(5)24-41(38)48-42)19-20-47-39-17-12-15-35-14-9-10-16-36(35)39/h9-18,21-26H,8,19-20,27-28H2,1-7H3/q+1. The number of anilines is 1. The van der Waals surface area contributed by atoms with Gasteiger partial charge in [-0.2, -0.15) is 4.57 Å². The monoisotopic (exact) mass is 683 g/mol. The lowest BCUT2D eigenvalue weighted by Gasteiger charge is -2.31. The number of aromatic nitrogens is 1. The molecule has 2 aliphatic rings. The van der Waals surface area contributed by atoms with Gasteiger partial charge in [0.25, 0.3) is 5.01 Å². The third-order valence-corrected chi connectivity index (χ3v) is 12.1. The van der Waals surface area contributed by atoms with E-state index in [0.717, 1.165) is 37.1 Å². The van der Waals surface area contributed by atoms with Gasteiger partial charge in [0.15, 0.2) is 6.54 Å². The summed E-state index contributed by atoms with van der Waals surface area (Å²) in [4.78, 5) is 3.85. The number of benzene rings is 4. The highest BCUT2D eigenvalue weighted by Gasteiger charge is 2.28. The van der Waals surface area contributed by atoms with E-state index in [1.807, 2.05) is 23.1 Å². The van der Waals surface area contributed by atoms with Gasteiger partial charge in [-0.15, -0.1) is 0 Å². The molecule has 250 valence electrons. The summed E-state index contributed by atoms with van der Waals surface area (Å²) in [5.41, 5.74) is 11.0. The average Bonchev–Trinajstić information content (AvgIpc) is 3.56. The van der Waals surface area contributed by atoms with Crippen LogP contribution in [0, 0.1) is 33.1 Å². The molecule has 0 amide bonds. The minimum atomic E-state index is 0.201. The predicted molar refractivity (Wildman–Crippen MR) is 212 cm³/mol. The van der Waals surface area contributed by atoms with Crippen LogP contribution < -0.4 is 14.2 Å². The van der Waals surface area contributed by atoms with Crippen LogP contribution in [0.15, 0.2) is 112 Å². The first kappa shape index (κ1) is 33.4. The largest absolute Gasteiger partial charge is 0.486 e. The Kier molecular flexibility index (Phi) is 9.34. The highest BCUT2D eigenvalue weighted by atomic mass is 32.2. The quantitative estimate of drug-likeness (QED) is 0.152. The van der Waals surface area contributed by atoms with Gasteiger partial charge in [0.05, 0.1) is 10.7 Å². The average molecular weight is 684 g/mol. The van der Waals surface area contributed by atoms with Crippen LogP contribution in [0.25, 0.3) is 27.1 Å². The molecule has 3 nitrogen and oxygen atoms in total. The molecule has 2 heterocycles. The highest BCUT2D eigenvalue weighted by Crippen LogP contribution is 2.48. The van der Waals surface area contributed by atoms with Crippen molar-refractivity contribution in [1.29, 1.82) is 0 Å². The van der Waals surface area contributed by atoms with Gasteiger partial charge < -0.3 is 9.64 Å². The van der Waals surface area contributed by atoms with Crippen molar-refractivity contribution in [2.75, 3.05) is 18.1 Å². The van der Waals surface area contributed by atoms with Crippen LogP contribution in [-0.4, -0.2) is 13.2 Å². The van der Waals surface area contributed by atoms with Gasteiger partial charge in [-0.3, -0.25) is 0 Å². The van der Waals surface area contributed by atoms with Crippen LogP contribution in [0.1, 0.15) is 60.9 Å². The summed E-state index contributed by atoms with van der Waals surface area (Å²) in [6.07, 6.45) is 13.9. The number of ether oxygens (including phenoxy) is 1. The third-order valence-electron chi connectivity index (χ3n) is 9.93. The lowest BCUT2D eigenvalue weighted by Crippen LogP contribution is -2.38. The minimum Gasteiger partial charge on any atom is -0.486 e. The summed E-state index contributed by atoms with van der Waals surface area (Å²) < 4.78 is 10.2. The molecule has 0 saturated heterocycles. The fourth-order valence-corrected chi connectivity index (χ4v) is 9.65. The zero-order chi connectivity index (χ0) is 34.3. The summed E-state index contributed by atoms with van der Waals surface area (Å²) in [5.74, 6) is 0.941. The normalized spacial score (nSPS) is 17.5. The summed E-state index contributed by atoms with van der Waals surface area (Å²) >= 11 is 3.77. The predicted octanol–water partition coefficient (Wildman–Crippen LogP) is 11.8. The van der Waals surface area contributed by atoms with E-state index in [2.05, 4.69) is 155 Å². The lowest BCUT2D eigenvalue weighted by molar-refractivity contribution is -0.669. The number of allylic oxidation sites excluding steroid dienone is 6. The molecular formula is C44H47N2OS2+. The van der Waals surface area contributed by atoms with Crippen molar-refractivity contribution in [2.45, 2.75) is 72.7 Å². The van der Waals surface area contributed by atoms with Crippen LogP contribution in [0.3, 0.4) is 0 Å². The SMILES string of the molecule is CCN1/C(=C/C2=CC(=C/C=C/c3sc4cc(C)c(C)cc4[n+]3CCOc3cccc4ccccc34)/CC(C)(C)C2)Sc2cc(C)c(C)cc21. The molecule has 0 N–H and O–H groups in total. The Morgan fingerprint density at radius 2 is 1.65 bits per heavy atom. The molecule has 49 heavy (non-hydrogen) atoms. The fraction of sp³-hybridized carbons (Fsp3) is 0.295. The zero-order valence-electron chi connectivity index (χ0n) is 29.9. The van der Waals surface area contributed by atoms with Gasteiger partial charge in [-0.1, -0.05) is 91.6 Å². The van der Waals surface area contributed by atoms with Gasteiger partial charge in [0.2, 0.25) is 5.52 Å². The molecule has 0 unspecified atom stereocenters. The first-order chi connectivity index (χ1) is 23.6. The van der Waals surface area contributed by atoms with Crippen molar-refractivity contribution in [1.82, 2.24) is 0 Å². The summed E-state index contributed by atoms with van der Waals surface area (Å²) in [5, 5.41) is 4.94. The Balaban J connectivity index is 1.16. The number of fused-ring (bicyclic) bond motifs is 3. The van der Waals surface area contributed by atoms with Crippen molar-refractivity contribution >= 4 is 55.9 Å². The Hall–Kier alpha value is -4.06. The first-order valence-corrected chi connectivity index (χ1v) is 19.1. The minimum absolute atomic E-state index is 0.201. The number of thioether (sulfide) groups is 1. The number of nitrogens with zero attached hydrogens (tertiary/aromatic N) is 2. The van der Waals surface area contributed by atoms with Crippen molar-refractivity contribution in [3.05, 3.63) is 134 Å². The molecule has 1 aliphatic carbocycles. The second-order valence-corrected chi connectivity index (χ2v) is 16.5. The van der Waals surface area contributed by atoms with Crippen molar-refractivity contribution in [3.63, 3.8) is 0 Å². The van der Waals surface area contributed by atoms with Gasteiger partial charge in [0.1, 0.15) is 17.1 Å². The number of hydrogen-bond donors (Lipinski definition) is 0. The van der Waals surface area contributed by atoms with Crippen LogP contribution in [0.4, 0.5) is 5.69 Å². The topological polar surface area (TPSA) is 16.4 Å². The smallest absolute Gasteiger partial charge is 0.262 e. The number of thiazole rings is 1. The maximum atomic E-state index is 6.42. The third kappa shape index (κ3) is 7.02. The lowest BCUT2D eigenvalue weighted by atomic mass is 9.75. The van der Waals surface area contributed by atoms with Crippen molar-refractivity contribution in [2.24, 2.45) is 5.41 Å². The van der Waals surface area contributed by atoms with Crippen LogP contribution in [0.2, 0.25) is 0 Å². The number of aryl methyl sites for hydroxylation is 4. The van der Waals surface area contributed by atoms with Crippen molar-refractivity contribution < 1.29 is 9.30 Å². The Labute approximate surface area is 300 Å². The molecule has 1 aromatic heterocycles. The molecule has 0 spiro atoms. The number of hydrogen-bond acceptors (Lipinski definition) is 4. The Morgan fingerprint density at radius 1 is 0.898 bits per heavy atom. The van der Waals surface area contributed by atoms with E-state index in [1.165, 1.54) is 69.6 Å². The second kappa shape index (κ2) is 13.7. The molecule has 1 aliphatic heterocycles. The molecule has 0 radical (unpaired) electrons. The van der Waals surface area contributed by atoms with E-state index < -0.39 is 0 Å². The van der Waals surface area contributed by atoms with Crippen LogP contribution >= 0.6 is 23.1 Å². The van der Waals surface area contributed by atoms with Gasteiger partial charge >= 0.3 is 0 Å². The van der Waals surface area contributed by atoms with Gasteiger partial charge in [-0.25, -0.2) is 0 Å². The molecule has 0 atom stereocenters. The van der Waals surface area contributed by atoms with Crippen LogP contribution in [-0.2, 0) is 6.54 Å². The molecule has 5 heteroatoms. The second-order valence-electron chi connectivity index (χ2n) is 14.4. The summed E-state index contributed by atoms with van der Waals surface area (Å²) in [6, 6.07) is 24.1. The maximum absolute atomic E-state index is 6.42. The number of rotatable bonds is 8. The van der Waals surface area contributed by atoms with E-state index in [4.69, 9.17) is 4.74 Å². The summed E-state index contributed by atoms with van der Waals surface area (Å²) in [7, 11) is 0. The van der Waals surface area contributed by atoms with Gasteiger partial charge in [0, 0.05) is 29.0 Å². The molecule has 7 rings (SSSR count). The Bertz CT molecular complexity index is 2190. The summed E-state index contributed by atoms with van der Waals surface area (Å²) in [6.45, 7) is 18.3. The van der Waals surface area contributed by atoms with E-state index in [0.29, 0.717) is 6.61 Å². The molecular weight excluding hydrogens is 637 g/mol. The van der Waals surface area contributed by atoms with E-state index >= 15 is 0 Å². The van der Waals surface area contributed by atoms with Crippen LogP contribution in [0.5, 0.6) is 5.75 Å². The molecule has 0 bridgehead atoms. The maximum Gasteiger partial charge on any atom is 0.262 e. The van der Waals surface area contributed by atoms with E-state index in [1.54, 1.807) is 0 Å². The molecule has 4 aromatic carbocycles. The van der Waals surface area contributed by atoms with E-state index in [-0.39, 0.29) is 5.41 Å². The van der Waals surface area contributed by atoms with Crippen molar-refractivity contribution in [3.8, 4) is 5.75 Å². The molecule has 0 saturated carbocycles. The molecule has 5 aromatic rings. The highest BCUT2D eigenvalue weighted by molar-refractivity contribution is 8.03. The van der Waals surface area contributed by atoms with Gasteiger partial charge in [-0.05, 0) is 122 Å². The fourth-order valence-electron chi connectivity index (χ4n) is 7.18. The Morgan fingerprint density at radius 3 is 2.49 bits per heavy atom. The zero-order valence-corrected chi connectivity index (χ0v) is 31.5. The van der Waals surface area contributed by atoms with E-state index in [9.17, 15) is 0 Å². The molecule has 0 fully saturated rings.